The van der Waals surface area contributed by atoms with Gasteiger partial charge >= 0.3 is 0 Å². The molecule has 0 saturated carbocycles. The largest absolute Gasteiger partial charge is 0.339 e. The highest BCUT2D eigenvalue weighted by Gasteiger charge is 2.08. The zero-order chi connectivity index (χ0) is 12.0. The molecule has 0 bridgehead atoms. The third-order valence-electron chi connectivity index (χ3n) is 2.71. The zero-order valence-electron chi connectivity index (χ0n) is 10.6. The van der Waals surface area contributed by atoms with Crippen molar-refractivity contribution in [3.05, 3.63) is 11.7 Å². The molecule has 1 unspecified atom stereocenters. The quantitative estimate of drug-likeness (QED) is 0.772. The van der Waals surface area contributed by atoms with Crippen LogP contribution in [0.3, 0.4) is 0 Å². The number of nitrogens with zero attached hydrogens (tertiary/aromatic N) is 2. The minimum atomic E-state index is 0.519. The van der Waals surface area contributed by atoms with E-state index >= 15 is 0 Å². The first-order valence-electron chi connectivity index (χ1n) is 6.13. The van der Waals surface area contributed by atoms with E-state index in [0.717, 1.165) is 37.4 Å². The van der Waals surface area contributed by atoms with E-state index in [9.17, 15) is 0 Å². The fourth-order valence-corrected chi connectivity index (χ4v) is 1.40. The Morgan fingerprint density at radius 2 is 1.94 bits per heavy atom. The van der Waals surface area contributed by atoms with E-state index < -0.39 is 0 Å². The lowest BCUT2D eigenvalue weighted by Crippen LogP contribution is -2.11. The van der Waals surface area contributed by atoms with E-state index in [2.05, 4.69) is 30.9 Å². The molecule has 0 spiro atoms. The summed E-state index contributed by atoms with van der Waals surface area (Å²) in [5.41, 5.74) is 5.56. The van der Waals surface area contributed by atoms with Crippen molar-refractivity contribution in [3.63, 3.8) is 0 Å². The highest BCUT2D eigenvalue weighted by atomic mass is 16.5. The third-order valence-corrected chi connectivity index (χ3v) is 2.71. The van der Waals surface area contributed by atoms with Crippen molar-refractivity contribution in [3.8, 4) is 0 Å². The lowest BCUT2D eigenvalue weighted by Gasteiger charge is -2.04. The molecule has 1 aromatic heterocycles. The Kier molecular flexibility index (Phi) is 5.46. The molecule has 92 valence electrons. The lowest BCUT2D eigenvalue weighted by atomic mass is 10.1. The first-order valence-corrected chi connectivity index (χ1v) is 6.13. The van der Waals surface area contributed by atoms with Crippen molar-refractivity contribution in [1.82, 2.24) is 10.1 Å². The number of hydrogen-bond acceptors (Lipinski definition) is 4. The summed E-state index contributed by atoms with van der Waals surface area (Å²) in [5.74, 6) is 2.79. The Hall–Kier alpha value is -0.900. The molecular weight excluding hydrogens is 202 g/mol. The summed E-state index contributed by atoms with van der Waals surface area (Å²) in [6, 6.07) is 0. The van der Waals surface area contributed by atoms with Crippen LogP contribution in [-0.2, 0) is 12.8 Å². The predicted molar refractivity (Wildman–Crippen MR) is 64.0 cm³/mol. The van der Waals surface area contributed by atoms with Crippen molar-refractivity contribution < 1.29 is 4.52 Å². The van der Waals surface area contributed by atoms with Crippen LogP contribution in [0.1, 0.15) is 45.3 Å². The standard InChI is InChI=1S/C12H23N3O/c1-9(2)4-6-11-14-12(16-15-11)7-5-10(3)8-13/h9-10H,4-8,13H2,1-3H3. The predicted octanol–water partition coefficient (Wildman–Crippen LogP) is 2.19. The molecule has 4 heteroatoms. The number of aryl methyl sites for hydroxylation is 2. The zero-order valence-corrected chi connectivity index (χ0v) is 10.6. The second kappa shape index (κ2) is 6.63. The molecule has 0 aliphatic carbocycles. The Balaban J connectivity index is 2.33. The van der Waals surface area contributed by atoms with Crippen LogP contribution in [0.5, 0.6) is 0 Å². The van der Waals surface area contributed by atoms with E-state index in [0.29, 0.717) is 18.4 Å². The van der Waals surface area contributed by atoms with Crippen LogP contribution in [0.15, 0.2) is 4.52 Å². The van der Waals surface area contributed by atoms with Crippen LogP contribution in [0.2, 0.25) is 0 Å². The molecule has 0 amide bonds. The summed E-state index contributed by atoms with van der Waals surface area (Å²) in [7, 11) is 0. The average Bonchev–Trinajstić information content (AvgIpc) is 2.71. The first-order chi connectivity index (χ1) is 7.61. The molecule has 0 saturated heterocycles. The molecule has 0 aromatic carbocycles. The fourth-order valence-electron chi connectivity index (χ4n) is 1.40. The number of aromatic nitrogens is 2. The summed E-state index contributed by atoms with van der Waals surface area (Å²) in [4.78, 5) is 4.37. The maximum Gasteiger partial charge on any atom is 0.226 e. The second-order valence-corrected chi connectivity index (χ2v) is 4.92. The van der Waals surface area contributed by atoms with Gasteiger partial charge in [0.15, 0.2) is 5.82 Å². The number of hydrogen-bond donors (Lipinski definition) is 1. The van der Waals surface area contributed by atoms with Gasteiger partial charge in [-0.1, -0.05) is 25.9 Å². The van der Waals surface area contributed by atoms with Gasteiger partial charge in [-0.05, 0) is 31.2 Å². The van der Waals surface area contributed by atoms with Crippen molar-refractivity contribution in [2.75, 3.05) is 6.54 Å². The normalized spacial score (nSPS) is 13.3. The van der Waals surface area contributed by atoms with Gasteiger partial charge in [-0.15, -0.1) is 0 Å². The average molecular weight is 225 g/mol. The van der Waals surface area contributed by atoms with E-state index in [1.165, 1.54) is 0 Å². The molecule has 1 heterocycles. The first kappa shape index (κ1) is 13.2. The molecule has 1 atom stereocenters. The van der Waals surface area contributed by atoms with Gasteiger partial charge in [0.05, 0.1) is 0 Å². The molecule has 1 aromatic rings. The maximum atomic E-state index is 5.56. The topological polar surface area (TPSA) is 64.9 Å². The monoisotopic (exact) mass is 225 g/mol. The van der Waals surface area contributed by atoms with Crippen LogP contribution < -0.4 is 5.73 Å². The Bertz CT molecular complexity index is 296. The van der Waals surface area contributed by atoms with Gasteiger partial charge in [-0.2, -0.15) is 4.98 Å². The SMILES string of the molecule is CC(C)CCc1noc(CCC(C)CN)n1. The van der Waals surface area contributed by atoms with E-state index in [-0.39, 0.29) is 0 Å². The molecule has 0 fully saturated rings. The summed E-state index contributed by atoms with van der Waals surface area (Å²) in [6.45, 7) is 7.25. The van der Waals surface area contributed by atoms with Gasteiger partial charge in [0.25, 0.3) is 0 Å². The van der Waals surface area contributed by atoms with Crippen molar-refractivity contribution in [2.24, 2.45) is 17.6 Å². The Morgan fingerprint density at radius 1 is 1.19 bits per heavy atom. The van der Waals surface area contributed by atoms with Crippen LogP contribution >= 0.6 is 0 Å². The minimum Gasteiger partial charge on any atom is -0.339 e. The van der Waals surface area contributed by atoms with Crippen molar-refractivity contribution >= 4 is 0 Å². The van der Waals surface area contributed by atoms with Gasteiger partial charge in [0.1, 0.15) is 0 Å². The van der Waals surface area contributed by atoms with Crippen molar-refractivity contribution in [2.45, 2.75) is 46.5 Å². The molecular formula is C12H23N3O. The van der Waals surface area contributed by atoms with Crippen LogP contribution in [-0.4, -0.2) is 16.7 Å². The molecule has 4 nitrogen and oxygen atoms in total. The molecule has 16 heavy (non-hydrogen) atoms. The second-order valence-electron chi connectivity index (χ2n) is 4.92. The molecule has 0 radical (unpaired) electrons. The van der Waals surface area contributed by atoms with Gasteiger partial charge in [-0.25, -0.2) is 0 Å². The van der Waals surface area contributed by atoms with Gasteiger partial charge in [0, 0.05) is 12.8 Å². The minimum absolute atomic E-state index is 0.519. The fraction of sp³-hybridized carbons (Fsp3) is 0.833. The summed E-state index contributed by atoms with van der Waals surface area (Å²) >= 11 is 0. The van der Waals surface area contributed by atoms with Crippen LogP contribution in [0.4, 0.5) is 0 Å². The summed E-state index contributed by atoms with van der Waals surface area (Å²) in [6.07, 6.45) is 3.88. The van der Waals surface area contributed by atoms with E-state index in [4.69, 9.17) is 10.3 Å². The summed E-state index contributed by atoms with van der Waals surface area (Å²) < 4.78 is 5.19. The van der Waals surface area contributed by atoms with Gasteiger partial charge in [-0.3, -0.25) is 0 Å². The smallest absolute Gasteiger partial charge is 0.226 e. The van der Waals surface area contributed by atoms with Crippen LogP contribution in [0.25, 0.3) is 0 Å². The highest BCUT2D eigenvalue weighted by Crippen LogP contribution is 2.09. The van der Waals surface area contributed by atoms with Crippen LogP contribution in [0, 0.1) is 11.8 Å². The van der Waals surface area contributed by atoms with Gasteiger partial charge in [0.2, 0.25) is 5.89 Å². The molecule has 0 aliphatic rings. The van der Waals surface area contributed by atoms with E-state index in [1.54, 1.807) is 0 Å². The summed E-state index contributed by atoms with van der Waals surface area (Å²) in [5, 5.41) is 3.97. The molecule has 2 N–H and O–H groups in total. The Labute approximate surface area is 97.6 Å². The van der Waals surface area contributed by atoms with E-state index in [1.807, 2.05) is 0 Å². The highest BCUT2D eigenvalue weighted by molar-refractivity contribution is 4.87. The third kappa shape index (κ3) is 4.75. The maximum absolute atomic E-state index is 5.56. The lowest BCUT2D eigenvalue weighted by molar-refractivity contribution is 0.360. The van der Waals surface area contributed by atoms with Gasteiger partial charge < -0.3 is 10.3 Å². The number of rotatable bonds is 7. The Morgan fingerprint density at radius 3 is 2.56 bits per heavy atom. The molecule has 0 aliphatic heterocycles. The molecule has 1 rings (SSSR count). The van der Waals surface area contributed by atoms with Crippen molar-refractivity contribution in [1.29, 1.82) is 0 Å². The number of nitrogens with two attached hydrogens (primary N) is 1.